The highest BCUT2D eigenvalue weighted by Crippen LogP contribution is 2.18. The van der Waals surface area contributed by atoms with E-state index < -0.39 is 0 Å². The smallest absolute Gasteiger partial charge is 0.223 e. The molecule has 0 spiro atoms. The van der Waals surface area contributed by atoms with E-state index in [1.54, 1.807) is 0 Å². The molecule has 1 heterocycles. The quantitative estimate of drug-likeness (QED) is 0.834. The van der Waals surface area contributed by atoms with Crippen molar-refractivity contribution in [1.82, 2.24) is 4.90 Å². The standard InChI is InChI=1S/C16H20N2O/c1-12-3-4-13(2)15(9-12)6-8-18-7-5-14(11-17)10-16(18)19/h3-4,9,14H,5-8,10H2,1-2H3. The lowest BCUT2D eigenvalue weighted by Crippen LogP contribution is -2.39. The third kappa shape index (κ3) is 3.35. The van der Waals surface area contributed by atoms with Crippen molar-refractivity contribution in [3.05, 3.63) is 34.9 Å². The van der Waals surface area contributed by atoms with Crippen LogP contribution in [0.15, 0.2) is 18.2 Å². The first-order chi connectivity index (χ1) is 9.10. The van der Waals surface area contributed by atoms with Gasteiger partial charge in [0.25, 0.3) is 0 Å². The van der Waals surface area contributed by atoms with E-state index in [2.05, 4.69) is 38.1 Å². The van der Waals surface area contributed by atoms with Crippen LogP contribution in [-0.4, -0.2) is 23.9 Å². The van der Waals surface area contributed by atoms with Gasteiger partial charge in [-0.3, -0.25) is 4.79 Å². The average molecular weight is 256 g/mol. The van der Waals surface area contributed by atoms with Gasteiger partial charge in [-0.25, -0.2) is 0 Å². The van der Waals surface area contributed by atoms with E-state index in [0.29, 0.717) is 6.42 Å². The number of aryl methyl sites for hydroxylation is 2. The number of piperidine rings is 1. The Kier molecular flexibility index (Phi) is 4.21. The second-order valence-electron chi connectivity index (χ2n) is 5.38. The van der Waals surface area contributed by atoms with Crippen LogP contribution in [0.25, 0.3) is 0 Å². The van der Waals surface area contributed by atoms with Gasteiger partial charge in [0.05, 0.1) is 12.0 Å². The van der Waals surface area contributed by atoms with Crippen molar-refractivity contribution in [2.75, 3.05) is 13.1 Å². The lowest BCUT2D eigenvalue weighted by atomic mass is 9.97. The second-order valence-corrected chi connectivity index (χ2v) is 5.38. The normalized spacial score (nSPS) is 19.3. The Morgan fingerprint density at radius 1 is 1.42 bits per heavy atom. The summed E-state index contributed by atoms with van der Waals surface area (Å²) in [6.45, 7) is 5.69. The van der Waals surface area contributed by atoms with Crippen LogP contribution in [0, 0.1) is 31.1 Å². The van der Waals surface area contributed by atoms with Crippen molar-refractivity contribution < 1.29 is 4.79 Å². The number of hydrogen-bond donors (Lipinski definition) is 0. The van der Waals surface area contributed by atoms with Gasteiger partial charge in [0.2, 0.25) is 5.91 Å². The van der Waals surface area contributed by atoms with Crippen LogP contribution in [0.3, 0.4) is 0 Å². The number of likely N-dealkylation sites (tertiary alicyclic amines) is 1. The van der Waals surface area contributed by atoms with Gasteiger partial charge < -0.3 is 4.90 Å². The minimum Gasteiger partial charge on any atom is -0.342 e. The van der Waals surface area contributed by atoms with Crippen LogP contribution in [0.4, 0.5) is 0 Å². The number of amides is 1. The summed E-state index contributed by atoms with van der Waals surface area (Å²) in [5, 5.41) is 8.85. The molecule has 0 N–H and O–H groups in total. The summed E-state index contributed by atoms with van der Waals surface area (Å²) in [6, 6.07) is 8.64. The molecule has 1 aromatic rings. The summed E-state index contributed by atoms with van der Waals surface area (Å²) in [6.07, 6.45) is 2.11. The van der Waals surface area contributed by atoms with Crippen molar-refractivity contribution >= 4 is 5.91 Å². The molecular formula is C16H20N2O. The fourth-order valence-electron chi connectivity index (χ4n) is 2.55. The average Bonchev–Trinajstić information content (AvgIpc) is 2.40. The predicted octanol–water partition coefficient (Wildman–Crippen LogP) is 2.61. The van der Waals surface area contributed by atoms with E-state index in [4.69, 9.17) is 5.26 Å². The summed E-state index contributed by atoms with van der Waals surface area (Å²) in [5.41, 5.74) is 3.86. The highest BCUT2D eigenvalue weighted by molar-refractivity contribution is 5.77. The van der Waals surface area contributed by atoms with E-state index >= 15 is 0 Å². The molecule has 0 saturated carbocycles. The minimum absolute atomic E-state index is 0.0792. The highest BCUT2D eigenvalue weighted by Gasteiger charge is 2.25. The molecule has 0 radical (unpaired) electrons. The third-order valence-corrected chi connectivity index (χ3v) is 3.86. The van der Waals surface area contributed by atoms with E-state index in [-0.39, 0.29) is 11.8 Å². The maximum absolute atomic E-state index is 11.9. The molecule has 1 fully saturated rings. The van der Waals surface area contributed by atoms with E-state index in [1.807, 2.05) is 4.90 Å². The zero-order valence-corrected chi connectivity index (χ0v) is 11.6. The van der Waals surface area contributed by atoms with Crippen LogP contribution in [0.1, 0.15) is 29.5 Å². The van der Waals surface area contributed by atoms with Crippen molar-refractivity contribution in [3.63, 3.8) is 0 Å². The maximum Gasteiger partial charge on any atom is 0.223 e. The zero-order chi connectivity index (χ0) is 13.8. The van der Waals surface area contributed by atoms with Gasteiger partial charge in [-0.2, -0.15) is 5.26 Å². The molecule has 2 rings (SSSR count). The Hall–Kier alpha value is -1.82. The minimum atomic E-state index is -0.0792. The predicted molar refractivity (Wildman–Crippen MR) is 74.5 cm³/mol. The number of nitrogens with zero attached hydrogens (tertiary/aromatic N) is 2. The Bertz CT molecular complexity index is 516. The number of rotatable bonds is 3. The van der Waals surface area contributed by atoms with Gasteiger partial charge in [0.15, 0.2) is 0 Å². The van der Waals surface area contributed by atoms with Crippen molar-refractivity contribution in [3.8, 4) is 6.07 Å². The molecule has 3 heteroatoms. The number of carbonyl (C=O) groups excluding carboxylic acids is 1. The van der Waals surface area contributed by atoms with Gasteiger partial charge >= 0.3 is 0 Å². The van der Waals surface area contributed by atoms with Crippen LogP contribution < -0.4 is 0 Å². The Morgan fingerprint density at radius 3 is 2.89 bits per heavy atom. The molecule has 1 aliphatic rings. The SMILES string of the molecule is Cc1ccc(C)c(CCN2CCC(C#N)CC2=O)c1. The number of benzene rings is 1. The molecule has 1 aromatic carbocycles. The molecule has 1 saturated heterocycles. The molecule has 0 aromatic heterocycles. The zero-order valence-electron chi connectivity index (χ0n) is 11.6. The second kappa shape index (κ2) is 5.88. The molecule has 3 nitrogen and oxygen atoms in total. The van der Waals surface area contributed by atoms with Crippen LogP contribution in [-0.2, 0) is 11.2 Å². The summed E-state index contributed by atoms with van der Waals surface area (Å²) in [5.74, 6) is 0.0487. The van der Waals surface area contributed by atoms with Crippen molar-refractivity contribution in [2.24, 2.45) is 5.92 Å². The largest absolute Gasteiger partial charge is 0.342 e. The summed E-state index contributed by atoms with van der Waals surface area (Å²) < 4.78 is 0. The molecule has 100 valence electrons. The first kappa shape index (κ1) is 13.6. The first-order valence-electron chi connectivity index (χ1n) is 6.83. The molecule has 0 bridgehead atoms. The molecule has 19 heavy (non-hydrogen) atoms. The lowest BCUT2D eigenvalue weighted by molar-refractivity contribution is -0.134. The molecule has 1 unspecified atom stereocenters. The van der Waals surface area contributed by atoms with Gasteiger partial charge in [-0.1, -0.05) is 23.8 Å². The highest BCUT2D eigenvalue weighted by atomic mass is 16.2. The van der Waals surface area contributed by atoms with Crippen molar-refractivity contribution in [1.29, 1.82) is 5.26 Å². The fraction of sp³-hybridized carbons (Fsp3) is 0.500. The van der Waals surface area contributed by atoms with Crippen LogP contribution in [0.2, 0.25) is 0 Å². The van der Waals surface area contributed by atoms with Crippen molar-refractivity contribution in [2.45, 2.75) is 33.1 Å². The summed E-state index contributed by atoms with van der Waals surface area (Å²) in [4.78, 5) is 13.8. The van der Waals surface area contributed by atoms with E-state index in [9.17, 15) is 4.79 Å². The van der Waals surface area contributed by atoms with Crippen LogP contribution in [0.5, 0.6) is 0 Å². The molecular weight excluding hydrogens is 236 g/mol. The van der Waals surface area contributed by atoms with Crippen LogP contribution >= 0.6 is 0 Å². The number of carbonyl (C=O) groups is 1. The van der Waals surface area contributed by atoms with Gasteiger partial charge in [0, 0.05) is 19.5 Å². The summed E-state index contributed by atoms with van der Waals surface area (Å²) in [7, 11) is 0. The summed E-state index contributed by atoms with van der Waals surface area (Å²) >= 11 is 0. The topological polar surface area (TPSA) is 44.1 Å². The fourth-order valence-corrected chi connectivity index (χ4v) is 2.55. The van der Waals surface area contributed by atoms with E-state index in [0.717, 1.165) is 25.9 Å². The Morgan fingerprint density at radius 2 is 2.21 bits per heavy atom. The van der Waals surface area contributed by atoms with Gasteiger partial charge in [0.1, 0.15) is 0 Å². The lowest BCUT2D eigenvalue weighted by Gasteiger charge is -2.29. The maximum atomic E-state index is 11.9. The van der Waals surface area contributed by atoms with Gasteiger partial charge in [-0.15, -0.1) is 0 Å². The van der Waals surface area contributed by atoms with E-state index in [1.165, 1.54) is 16.7 Å². The first-order valence-corrected chi connectivity index (χ1v) is 6.83. The molecule has 0 aliphatic carbocycles. The Balaban J connectivity index is 1.94. The molecule has 1 amide bonds. The van der Waals surface area contributed by atoms with Gasteiger partial charge in [-0.05, 0) is 37.8 Å². The number of nitriles is 1. The Labute approximate surface area is 114 Å². The molecule has 1 atom stereocenters. The molecule has 1 aliphatic heterocycles. The third-order valence-electron chi connectivity index (χ3n) is 3.86. The monoisotopic (exact) mass is 256 g/mol. The number of hydrogen-bond acceptors (Lipinski definition) is 2.